The van der Waals surface area contributed by atoms with E-state index in [1.165, 1.54) is 5.56 Å². The van der Waals surface area contributed by atoms with Crippen molar-refractivity contribution in [2.24, 2.45) is 0 Å². The maximum Gasteiger partial charge on any atom is 0.233 e. The smallest absolute Gasteiger partial charge is 0.233 e. The number of para-hydroxylation sites is 1. The molecule has 2 rings (SSSR count). The van der Waals surface area contributed by atoms with E-state index >= 15 is 0 Å². The van der Waals surface area contributed by atoms with Crippen molar-refractivity contribution in [3.63, 3.8) is 0 Å². The van der Waals surface area contributed by atoms with Crippen molar-refractivity contribution in [2.75, 3.05) is 0 Å². The minimum Gasteiger partial charge on any atom is -0.438 e. The van der Waals surface area contributed by atoms with E-state index in [-0.39, 0.29) is 0 Å². The Balaban J connectivity index is 2.34. The number of rotatable bonds is 3. The Kier molecular flexibility index (Phi) is 4.02. The fraction of sp³-hybridized carbons (Fsp3) is 0.267. The van der Waals surface area contributed by atoms with Gasteiger partial charge in [-0.1, -0.05) is 32.0 Å². The molecule has 1 heterocycles. The van der Waals surface area contributed by atoms with Crippen LogP contribution in [0, 0.1) is 6.92 Å². The number of aryl methyl sites for hydroxylation is 1. The predicted octanol–water partition coefficient (Wildman–Crippen LogP) is 5.07. The molecule has 0 spiro atoms. The van der Waals surface area contributed by atoms with E-state index < -0.39 is 0 Å². The van der Waals surface area contributed by atoms with Crippen LogP contribution in [0.4, 0.5) is 0 Å². The van der Waals surface area contributed by atoms with Gasteiger partial charge in [-0.2, -0.15) is 0 Å². The second kappa shape index (κ2) is 5.53. The second-order valence-corrected chi connectivity index (χ2v) is 5.45. The van der Waals surface area contributed by atoms with E-state index in [0.29, 0.717) is 11.8 Å². The van der Waals surface area contributed by atoms with Crippen LogP contribution in [-0.4, -0.2) is 4.98 Å². The molecule has 2 nitrogen and oxygen atoms in total. The Labute approximate surface area is 116 Å². The molecule has 0 aliphatic carbocycles. The number of benzene rings is 1. The minimum absolute atomic E-state index is 0.422. The van der Waals surface area contributed by atoms with Gasteiger partial charge in [-0.25, -0.2) is 4.98 Å². The summed E-state index contributed by atoms with van der Waals surface area (Å²) < 4.78 is 6.77. The summed E-state index contributed by atoms with van der Waals surface area (Å²) in [5.74, 6) is 1.89. The summed E-state index contributed by atoms with van der Waals surface area (Å²) in [4.78, 5) is 4.30. The first-order chi connectivity index (χ1) is 8.58. The Hall–Kier alpha value is -1.35. The van der Waals surface area contributed by atoms with Crippen LogP contribution in [0.15, 0.2) is 41.0 Å². The average molecular weight is 306 g/mol. The third-order valence-electron chi connectivity index (χ3n) is 2.69. The van der Waals surface area contributed by atoms with E-state index in [1.807, 2.05) is 31.2 Å². The van der Waals surface area contributed by atoms with Crippen LogP contribution < -0.4 is 4.74 Å². The highest BCUT2D eigenvalue weighted by Crippen LogP contribution is 2.32. The molecule has 0 saturated heterocycles. The van der Waals surface area contributed by atoms with Gasteiger partial charge in [0.25, 0.3) is 0 Å². The summed E-state index contributed by atoms with van der Waals surface area (Å²) >= 11 is 3.48. The van der Waals surface area contributed by atoms with Gasteiger partial charge in [-0.05, 0) is 52.0 Å². The highest BCUT2D eigenvalue weighted by Gasteiger charge is 2.10. The Morgan fingerprint density at radius 1 is 1.22 bits per heavy atom. The Morgan fingerprint density at radius 3 is 2.61 bits per heavy atom. The van der Waals surface area contributed by atoms with Crippen LogP contribution in [0.2, 0.25) is 0 Å². The van der Waals surface area contributed by atoms with Gasteiger partial charge >= 0.3 is 0 Å². The predicted molar refractivity (Wildman–Crippen MR) is 77.3 cm³/mol. The van der Waals surface area contributed by atoms with E-state index in [9.17, 15) is 0 Å². The number of ether oxygens (including phenoxy) is 1. The molecule has 3 heteroatoms. The largest absolute Gasteiger partial charge is 0.438 e. The fourth-order valence-corrected chi connectivity index (χ4v) is 2.30. The van der Waals surface area contributed by atoms with Crippen LogP contribution in [0.25, 0.3) is 0 Å². The first-order valence-corrected chi connectivity index (χ1v) is 6.76. The summed E-state index contributed by atoms with van der Waals surface area (Å²) in [5, 5.41) is 0. The van der Waals surface area contributed by atoms with Crippen LogP contribution in [-0.2, 0) is 0 Å². The van der Waals surface area contributed by atoms with Crippen molar-refractivity contribution < 1.29 is 4.74 Å². The van der Waals surface area contributed by atoms with Gasteiger partial charge in [0.2, 0.25) is 5.88 Å². The topological polar surface area (TPSA) is 22.1 Å². The summed E-state index contributed by atoms with van der Waals surface area (Å²) in [7, 11) is 0. The molecule has 0 aliphatic rings. The average Bonchev–Trinajstić information content (AvgIpc) is 2.33. The third-order valence-corrected chi connectivity index (χ3v) is 3.26. The molecular formula is C15H16BrNO. The monoisotopic (exact) mass is 305 g/mol. The molecule has 18 heavy (non-hydrogen) atoms. The molecule has 0 unspecified atom stereocenters. The zero-order valence-corrected chi connectivity index (χ0v) is 12.4. The number of hydrogen-bond donors (Lipinski definition) is 0. The zero-order valence-electron chi connectivity index (χ0n) is 10.8. The highest BCUT2D eigenvalue weighted by atomic mass is 79.9. The standard InChI is InChI=1S/C15H16BrNO/c1-10(2)12-6-4-5-7-14(12)18-15-13(16)8-11(3)9-17-15/h4-10H,1-3H3. The minimum atomic E-state index is 0.422. The van der Waals surface area contributed by atoms with Crippen LogP contribution in [0.1, 0.15) is 30.9 Å². The molecule has 0 radical (unpaired) electrons. The number of hydrogen-bond acceptors (Lipinski definition) is 2. The molecule has 0 N–H and O–H groups in total. The van der Waals surface area contributed by atoms with Gasteiger partial charge in [0.05, 0.1) is 4.47 Å². The number of pyridine rings is 1. The maximum absolute atomic E-state index is 5.90. The summed E-state index contributed by atoms with van der Waals surface area (Å²) in [5.41, 5.74) is 2.29. The van der Waals surface area contributed by atoms with Gasteiger partial charge in [0.1, 0.15) is 5.75 Å². The van der Waals surface area contributed by atoms with E-state index in [0.717, 1.165) is 15.8 Å². The second-order valence-electron chi connectivity index (χ2n) is 4.59. The van der Waals surface area contributed by atoms with Gasteiger partial charge in [0.15, 0.2) is 0 Å². The molecule has 0 saturated carbocycles. The van der Waals surface area contributed by atoms with Crippen LogP contribution in [0.3, 0.4) is 0 Å². The molecule has 1 aromatic carbocycles. The Morgan fingerprint density at radius 2 is 1.94 bits per heavy atom. The lowest BCUT2D eigenvalue weighted by atomic mass is 10.0. The van der Waals surface area contributed by atoms with Crippen molar-refractivity contribution in [3.05, 3.63) is 52.1 Å². The number of nitrogens with zero attached hydrogens (tertiary/aromatic N) is 1. The van der Waals surface area contributed by atoms with E-state index in [2.05, 4.69) is 40.8 Å². The highest BCUT2D eigenvalue weighted by molar-refractivity contribution is 9.10. The van der Waals surface area contributed by atoms with Gasteiger partial charge in [-0.15, -0.1) is 0 Å². The first kappa shape index (κ1) is 13.1. The first-order valence-electron chi connectivity index (χ1n) is 5.97. The maximum atomic E-state index is 5.90. The van der Waals surface area contributed by atoms with E-state index in [4.69, 9.17) is 4.74 Å². The summed E-state index contributed by atoms with van der Waals surface area (Å²) in [6.07, 6.45) is 1.80. The lowest BCUT2D eigenvalue weighted by Crippen LogP contribution is -1.95. The van der Waals surface area contributed by atoms with Gasteiger partial charge < -0.3 is 4.74 Å². The SMILES string of the molecule is Cc1cnc(Oc2ccccc2C(C)C)c(Br)c1. The van der Waals surface area contributed by atoms with Gasteiger partial charge in [0, 0.05) is 6.20 Å². The third kappa shape index (κ3) is 2.91. The molecule has 0 aliphatic heterocycles. The van der Waals surface area contributed by atoms with Crippen LogP contribution in [0.5, 0.6) is 11.6 Å². The molecule has 1 aromatic heterocycles. The molecule has 0 atom stereocenters. The molecule has 94 valence electrons. The molecule has 2 aromatic rings. The normalized spacial score (nSPS) is 10.7. The number of halogens is 1. The van der Waals surface area contributed by atoms with Crippen molar-refractivity contribution in [3.8, 4) is 11.6 Å². The van der Waals surface area contributed by atoms with Crippen molar-refractivity contribution in [1.29, 1.82) is 0 Å². The fourth-order valence-electron chi connectivity index (χ4n) is 1.75. The number of aromatic nitrogens is 1. The summed E-state index contributed by atoms with van der Waals surface area (Å²) in [6, 6.07) is 10.1. The van der Waals surface area contributed by atoms with Crippen molar-refractivity contribution in [1.82, 2.24) is 4.98 Å². The quantitative estimate of drug-likeness (QED) is 0.790. The summed E-state index contributed by atoms with van der Waals surface area (Å²) in [6.45, 7) is 6.31. The lowest BCUT2D eigenvalue weighted by Gasteiger charge is -2.13. The Bertz CT molecular complexity index is 552. The van der Waals surface area contributed by atoms with Crippen molar-refractivity contribution >= 4 is 15.9 Å². The van der Waals surface area contributed by atoms with Crippen LogP contribution >= 0.6 is 15.9 Å². The van der Waals surface area contributed by atoms with Crippen molar-refractivity contribution in [2.45, 2.75) is 26.7 Å². The lowest BCUT2D eigenvalue weighted by molar-refractivity contribution is 0.451. The van der Waals surface area contributed by atoms with Gasteiger partial charge in [-0.3, -0.25) is 0 Å². The molecule has 0 fully saturated rings. The molecular weight excluding hydrogens is 290 g/mol. The molecule has 0 bridgehead atoms. The molecule has 0 amide bonds. The van der Waals surface area contributed by atoms with E-state index in [1.54, 1.807) is 6.20 Å². The zero-order chi connectivity index (χ0) is 13.1.